The second-order valence-corrected chi connectivity index (χ2v) is 6.33. The van der Waals surface area contributed by atoms with Crippen molar-refractivity contribution >= 4 is 5.84 Å². The average Bonchev–Trinajstić information content (AvgIpc) is 3.11. The minimum atomic E-state index is 0.586. The van der Waals surface area contributed by atoms with Crippen LogP contribution in [0.15, 0.2) is 0 Å². The maximum atomic E-state index is 8.36. The van der Waals surface area contributed by atoms with E-state index in [1.807, 2.05) is 0 Å². The molecule has 0 spiro atoms. The molecule has 0 aromatic rings. The van der Waals surface area contributed by atoms with Crippen molar-refractivity contribution in [2.45, 2.75) is 57.4 Å². The van der Waals surface area contributed by atoms with Gasteiger partial charge in [-0.3, -0.25) is 10.3 Å². The molecule has 0 bridgehead atoms. The summed E-state index contributed by atoms with van der Waals surface area (Å²) >= 11 is 0. The van der Waals surface area contributed by atoms with Crippen LogP contribution >= 0.6 is 0 Å². The van der Waals surface area contributed by atoms with Crippen LogP contribution in [-0.4, -0.2) is 47.9 Å². The van der Waals surface area contributed by atoms with Gasteiger partial charge in [0, 0.05) is 38.1 Å². The van der Waals surface area contributed by atoms with Gasteiger partial charge in [-0.15, -0.1) is 0 Å². The normalized spacial score (nSPS) is 28.1. The zero-order chi connectivity index (χ0) is 12.4. The van der Waals surface area contributed by atoms with Gasteiger partial charge in [-0.1, -0.05) is 25.7 Å². The van der Waals surface area contributed by atoms with Crippen molar-refractivity contribution in [2.75, 3.05) is 26.2 Å². The summed E-state index contributed by atoms with van der Waals surface area (Å²) < 4.78 is 0. The minimum Gasteiger partial charge on any atom is -0.358 e. The van der Waals surface area contributed by atoms with E-state index in [2.05, 4.69) is 9.80 Å². The summed E-state index contributed by atoms with van der Waals surface area (Å²) in [5.74, 6) is 1.54. The van der Waals surface area contributed by atoms with Crippen LogP contribution in [-0.2, 0) is 0 Å². The summed E-state index contributed by atoms with van der Waals surface area (Å²) in [6.07, 6.45) is 10.9. The minimum absolute atomic E-state index is 0.586. The van der Waals surface area contributed by atoms with E-state index >= 15 is 0 Å². The first-order chi connectivity index (χ1) is 8.84. The smallest absolute Gasteiger partial charge is 0.0990 e. The Hall–Kier alpha value is -0.570. The first-order valence-electron chi connectivity index (χ1n) is 7.92. The Morgan fingerprint density at radius 1 is 0.778 bits per heavy atom. The van der Waals surface area contributed by atoms with Gasteiger partial charge in [0.05, 0.1) is 5.84 Å². The molecule has 18 heavy (non-hydrogen) atoms. The molecule has 1 N–H and O–H groups in total. The van der Waals surface area contributed by atoms with Gasteiger partial charge in [-0.05, 0) is 25.7 Å². The molecule has 0 atom stereocenters. The fourth-order valence-corrected chi connectivity index (χ4v) is 4.05. The molecule has 2 saturated carbocycles. The molecular weight excluding hydrogens is 222 g/mol. The van der Waals surface area contributed by atoms with Crippen molar-refractivity contribution in [3.05, 3.63) is 0 Å². The number of rotatable bonds is 2. The Bertz CT molecular complexity index is 282. The lowest BCUT2D eigenvalue weighted by Gasteiger charge is -2.40. The zero-order valence-corrected chi connectivity index (χ0v) is 11.5. The number of hydrogen-bond donors (Lipinski definition) is 1. The molecule has 3 rings (SSSR count). The number of amidine groups is 1. The second kappa shape index (κ2) is 5.60. The van der Waals surface area contributed by atoms with Gasteiger partial charge in [0.15, 0.2) is 0 Å². The molecule has 1 heterocycles. The van der Waals surface area contributed by atoms with Crippen molar-refractivity contribution < 1.29 is 0 Å². The van der Waals surface area contributed by atoms with Gasteiger partial charge >= 0.3 is 0 Å². The number of piperazine rings is 1. The summed E-state index contributed by atoms with van der Waals surface area (Å²) in [6, 6.07) is 0.868. The van der Waals surface area contributed by atoms with Crippen LogP contribution in [0.5, 0.6) is 0 Å². The van der Waals surface area contributed by atoms with Crippen molar-refractivity contribution in [3.63, 3.8) is 0 Å². The van der Waals surface area contributed by atoms with E-state index in [-0.39, 0.29) is 0 Å². The van der Waals surface area contributed by atoms with E-state index < -0.39 is 0 Å². The molecule has 1 saturated heterocycles. The van der Waals surface area contributed by atoms with Crippen molar-refractivity contribution in [1.29, 1.82) is 5.41 Å². The Kier molecular flexibility index (Phi) is 3.88. The maximum absolute atomic E-state index is 8.36. The highest BCUT2D eigenvalue weighted by atomic mass is 15.3. The third-order valence-corrected chi connectivity index (χ3v) is 5.24. The van der Waals surface area contributed by atoms with Crippen LogP contribution in [0.3, 0.4) is 0 Å². The lowest BCUT2D eigenvalue weighted by molar-refractivity contribution is 0.131. The summed E-state index contributed by atoms with van der Waals surface area (Å²) in [5.41, 5.74) is 0. The number of hydrogen-bond acceptors (Lipinski definition) is 2. The van der Waals surface area contributed by atoms with Crippen LogP contribution in [0, 0.1) is 11.3 Å². The zero-order valence-electron chi connectivity index (χ0n) is 11.5. The van der Waals surface area contributed by atoms with Gasteiger partial charge < -0.3 is 4.90 Å². The van der Waals surface area contributed by atoms with Crippen molar-refractivity contribution in [1.82, 2.24) is 9.80 Å². The quantitative estimate of drug-likeness (QED) is 0.602. The molecular formula is C15H27N3. The molecule has 3 nitrogen and oxygen atoms in total. The lowest BCUT2D eigenvalue weighted by atomic mass is 10.1. The van der Waals surface area contributed by atoms with E-state index in [0.29, 0.717) is 5.92 Å². The van der Waals surface area contributed by atoms with Crippen LogP contribution in [0.1, 0.15) is 51.4 Å². The first kappa shape index (κ1) is 12.5. The Morgan fingerprint density at radius 2 is 1.33 bits per heavy atom. The fourth-order valence-electron chi connectivity index (χ4n) is 4.05. The molecule has 0 aromatic carbocycles. The first-order valence-corrected chi connectivity index (χ1v) is 7.92. The molecule has 0 amide bonds. The summed E-state index contributed by atoms with van der Waals surface area (Å²) in [5, 5.41) is 8.36. The third kappa shape index (κ3) is 2.56. The molecule has 0 unspecified atom stereocenters. The highest BCUT2D eigenvalue weighted by molar-refractivity contribution is 5.82. The standard InChI is InChI=1S/C15H27N3/c16-15(13-5-1-2-6-13)18-11-9-17(10-12-18)14-7-3-4-8-14/h13-14,16H,1-12H2. The van der Waals surface area contributed by atoms with Gasteiger partial charge in [0.25, 0.3) is 0 Å². The number of nitrogens with one attached hydrogen (secondary N) is 1. The van der Waals surface area contributed by atoms with Crippen molar-refractivity contribution in [2.24, 2.45) is 5.92 Å². The molecule has 2 aliphatic carbocycles. The second-order valence-electron chi connectivity index (χ2n) is 6.33. The monoisotopic (exact) mass is 249 g/mol. The van der Waals surface area contributed by atoms with Gasteiger partial charge in [0.2, 0.25) is 0 Å². The molecule has 3 fully saturated rings. The SMILES string of the molecule is N=C(C1CCCC1)N1CCN(C2CCCC2)CC1. The Balaban J connectivity index is 1.48. The predicted molar refractivity (Wildman–Crippen MR) is 75.1 cm³/mol. The van der Waals surface area contributed by atoms with Crippen LogP contribution in [0.2, 0.25) is 0 Å². The topological polar surface area (TPSA) is 30.3 Å². The van der Waals surface area contributed by atoms with E-state index in [4.69, 9.17) is 5.41 Å². The van der Waals surface area contributed by atoms with Crippen LogP contribution < -0.4 is 0 Å². The number of nitrogens with zero attached hydrogens (tertiary/aromatic N) is 2. The lowest BCUT2D eigenvalue weighted by Crippen LogP contribution is -2.52. The van der Waals surface area contributed by atoms with Gasteiger partial charge in [-0.2, -0.15) is 0 Å². The molecule has 1 aliphatic heterocycles. The van der Waals surface area contributed by atoms with E-state index in [9.17, 15) is 0 Å². The molecule has 0 radical (unpaired) electrons. The van der Waals surface area contributed by atoms with Gasteiger partial charge in [0.1, 0.15) is 0 Å². The summed E-state index contributed by atoms with van der Waals surface area (Å²) in [7, 11) is 0. The highest BCUT2D eigenvalue weighted by Gasteiger charge is 2.29. The van der Waals surface area contributed by atoms with Crippen LogP contribution in [0.4, 0.5) is 0 Å². The highest BCUT2D eigenvalue weighted by Crippen LogP contribution is 2.28. The summed E-state index contributed by atoms with van der Waals surface area (Å²) in [6.45, 7) is 4.59. The largest absolute Gasteiger partial charge is 0.358 e. The van der Waals surface area contributed by atoms with Gasteiger partial charge in [-0.25, -0.2) is 0 Å². The van der Waals surface area contributed by atoms with Crippen molar-refractivity contribution in [3.8, 4) is 0 Å². The van der Waals surface area contributed by atoms with E-state index in [1.54, 1.807) is 0 Å². The van der Waals surface area contributed by atoms with E-state index in [0.717, 1.165) is 25.0 Å². The van der Waals surface area contributed by atoms with E-state index in [1.165, 1.54) is 64.5 Å². The molecule has 102 valence electrons. The van der Waals surface area contributed by atoms with Crippen LogP contribution in [0.25, 0.3) is 0 Å². The fraction of sp³-hybridized carbons (Fsp3) is 0.933. The predicted octanol–water partition coefficient (Wildman–Crippen LogP) is 2.71. The maximum Gasteiger partial charge on any atom is 0.0990 e. The summed E-state index contributed by atoms with van der Waals surface area (Å²) in [4.78, 5) is 5.05. The average molecular weight is 249 g/mol. The third-order valence-electron chi connectivity index (χ3n) is 5.24. The Labute approximate surface area is 111 Å². The molecule has 3 heteroatoms. The Morgan fingerprint density at radius 3 is 1.94 bits per heavy atom. The molecule has 0 aromatic heterocycles. The molecule has 3 aliphatic rings.